The topological polar surface area (TPSA) is 87.6 Å². The van der Waals surface area contributed by atoms with E-state index in [-0.39, 0.29) is 29.7 Å². The summed E-state index contributed by atoms with van der Waals surface area (Å²) >= 11 is 0. The third-order valence-corrected chi connectivity index (χ3v) is 3.99. The van der Waals surface area contributed by atoms with Crippen LogP contribution in [0.25, 0.3) is 0 Å². The molecule has 1 aromatic carbocycles. The zero-order chi connectivity index (χ0) is 14.6. The molecule has 1 aromatic rings. The fourth-order valence-electron chi connectivity index (χ4n) is 1.69. The molecule has 1 heterocycles. The van der Waals surface area contributed by atoms with E-state index < -0.39 is 10.0 Å². The summed E-state index contributed by atoms with van der Waals surface area (Å²) in [6, 6.07) is 6.49. The zero-order valence-corrected chi connectivity index (χ0v) is 11.6. The van der Waals surface area contributed by atoms with Gasteiger partial charge in [-0.25, -0.2) is 8.42 Å². The molecule has 0 aromatic heterocycles. The molecule has 1 amide bonds. The highest BCUT2D eigenvalue weighted by Gasteiger charge is 2.30. The Bertz CT molecular complexity index is 727. The van der Waals surface area contributed by atoms with Crippen molar-refractivity contribution in [3.05, 3.63) is 29.8 Å². The Morgan fingerprint density at radius 1 is 1.40 bits per heavy atom. The number of rotatable bonds is 3. The van der Waals surface area contributed by atoms with Crippen LogP contribution < -0.4 is 10.0 Å². The average molecular weight is 291 g/mol. The predicted octanol–water partition coefficient (Wildman–Crippen LogP) is -0.135. The van der Waals surface area contributed by atoms with E-state index in [0.29, 0.717) is 5.56 Å². The van der Waals surface area contributed by atoms with Crippen LogP contribution in [0.3, 0.4) is 0 Å². The molecule has 1 aliphatic heterocycles. The molecule has 0 unspecified atom stereocenters. The molecule has 0 radical (unpaired) electrons. The van der Waals surface area contributed by atoms with Crippen molar-refractivity contribution in [1.82, 2.24) is 10.0 Å². The molecule has 2 N–H and O–H groups in total. The van der Waals surface area contributed by atoms with Gasteiger partial charge in [0.25, 0.3) is 10.0 Å². The van der Waals surface area contributed by atoms with E-state index in [9.17, 15) is 13.2 Å². The number of amides is 1. The molecular weight excluding hydrogens is 278 g/mol. The summed E-state index contributed by atoms with van der Waals surface area (Å²) in [5.74, 6) is 5.22. The number of aliphatic imine (C=N–C) groups is 1. The molecule has 0 spiro atoms. The van der Waals surface area contributed by atoms with Crippen molar-refractivity contribution in [2.75, 3.05) is 13.1 Å². The summed E-state index contributed by atoms with van der Waals surface area (Å²) in [5.41, 5.74) is 0.480. The van der Waals surface area contributed by atoms with Crippen LogP contribution in [0.2, 0.25) is 0 Å². The standard InChI is InChI=1S/C13H13N3O3S/c1-2-3-8-14-12(17)9-15-13-10-6-4-5-7-11(10)20(18,19)16-13/h4-7H,8-9H2,1H3,(H,14,17)(H,15,16). The van der Waals surface area contributed by atoms with Gasteiger partial charge in [0, 0.05) is 5.56 Å². The van der Waals surface area contributed by atoms with Gasteiger partial charge >= 0.3 is 0 Å². The van der Waals surface area contributed by atoms with Crippen molar-refractivity contribution >= 4 is 21.8 Å². The molecule has 0 aliphatic carbocycles. The minimum atomic E-state index is -3.56. The molecule has 0 fully saturated rings. The molecule has 0 saturated carbocycles. The van der Waals surface area contributed by atoms with Gasteiger partial charge in [-0.3, -0.25) is 14.5 Å². The summed E-state index contributed by atoms with van der Waals surface area (Å²) in [4.78, 5) is 15.7. The van der Waals surface area contributed by atoms with Crippen LogP contribution in [0.15, 0.2) is 34.2 Å². The normalized spacial score (nSPS) is 16.8. The number of fused-ring (bicyclic) bond motifs is 1. The van der Waals surface area contributed by atoms with Gasteiger partial charge in [-0.1, -0.05) is 18.1 Å². The molecule has 2 rings (SSSR count). The number of carbonyl (C=O) groups is 1. The maximum Gasteiger partial charge on any atom is 0.263 e. The van der Waals surface area contributed by atoms with Gasteiger partial charge in [-0.15, -0.1) is 5.92 Å². The van der Waals surface area contributed by atoms with Crippen LogP contribution in [0, 0.1) is 11.8 Å². The lowest BCUT2D eigenvalue weighted by atomic mass is 10.2. The second-order valence-corrected chi connectivity index (χ2v) is 5.62. The average Bonchev–Trinajstić information content (AvgIpc) is 2.69. The third kappa shape index (κ3) is 2.97. The highest BCUT2D eigenvalue weighted by Crippen LogP contribution is 2.21. The van der Waals surface area contributed by atoms with Gasteiger partial charge in [0.05, 0.1) is 11.4 Å². The van der Waals surface area contributed by atoms with Gasteiger partial charge < -0.3 is 5.32 Å². The van der Waals surface area contributed by atoms with Gasteiger partial charge in [0.2, 0.25) is 5.91 Å². The second kappa shape index (κ2) is 5.75. The summed E-state index contributed by atoms with van der Waals surface area (Å²) in [7, 11) is -3.56. The summed E-state index contributed by atoms with van der Waals surface area (Å²) in [6.45, 7) is 1.77. The van der Waals surface area contributed by atoms with Crippen molar-refractivity contribution in [3.63, 3.8) is 0 Å². The van der Waals surface area contributed by atoms with E-state index in [4.69, 9.17) is 0 Å². The zero-order valence-electron chi connectivity index (χ0n) is 10.8. The number of benzene rings is 1. The number of carbonyl (C=O) groups excluding carboxylic acids is 1. The number of hydrogen-bond acceptors (Lipinski definition) is 4. The first kappa shape index (κ1) is 14.1. The van der Waals surface area contributed by atoms with E-state index in [1.165, 1.54) is 6.07 Å². The van der Waals surface area contributed by atoms with Crippen LogP contribution in [0.1, 0.15) is 12.5 Å². The predicted molar refractivity (Wildman–Crippen MR) is 74.6 cm³/mol. The number of amidine groups is 1. The summed E-state index contributed by atoms with van der Waals surface area (Å²) in [6.07, 6.45) is 0. The Kier molecular flexibility index (Phi) is 4.05. The van der Waals surface area contributed by atoms with E-state index >= 15 is 0 Å². The first-order chi connectivity index (χ1) is 9.54. The van der Waals surface area contributed by atoms with E-state index in [1.807, 2.05) is 0 Å². The van der Waals surface area contributed by atoms with Crippen LogP contribution in [-0.2, 0) is 14.8 Å². The van der Waals surface area contributed by atoms with Crippen molar-refractivity contribution in [2.45, 2.75) is 11.8 Å². The fourth-order valence-corrected chi connectivity index (χ4v) is 2.94. The van der Waals surface area contributed by atoms with Crippen molar-refractivity contribution in [2.24, 2.45) is 4.99 Å². The SMILES string of the molecule is CC#CCNC(=O)CN=C1NS(=O)(=O)c2ccccc21. The van der Waals surface area contributed by atoms with Gasteiger partial charge in [0.15, 0.2) is 0 Å². The molecule has 20 heavy (non-hydrogen) atoms. The second-order valence-electron chi connectivity index (χ2n) is 3.97. The first-order valence-corrected chi connectivity index (χ1v) is 7.36. The summed E-state index contributed by atoms with van der Waals surface area (Å²) < 4.78 is 25.9. The molecular formula is C13H13N3O3S. The van der Waals surface area contributed by atoms with Crippen LogP contribution >= 0.6 is 0 Å². The molecule has 0 bridgehead atoms. The minimum absolute atomic E-state index is 0.155. The maximum atomic E-state index is 11.8. The lowest BCUT2D eigenvalue weighted by Crippen LogP contribution is -2.28. The molecule has 1 aliphatic rings. The largest absolute Gasteiger partial charge is 0.344 e. The van der Waals surface area contributed by atoms with Crippen molar-refractivity contribution in [1.29, 1.82) is 0 Å². The fraction of sp³-hybridized carbons (Fsp3) is 0.231. The Morgan fingerprint density at radius 3 is 2.90 bits per heavy atom. The molecule has 104 valence electrons. The van der Waals surface area contributed by atoms with E-state index in [1.54, 1.807) is 25.1 Å². The smallest absolute Gasteiger partial charge is 0.263 e. The van der Waals surface area contributed by atoms with Crippen LogP contribution in [0.5, 0.6) is 0 Å². The van der Waals surface area contributed by atoms with Crippen molar-refractivity contribution in [3.8, 4) is 11.8 Å². The van der Waals surface area contributed by atoms with E-state index in [0.717, 1.165) is 0 Å². The van der Waals surface area contributed by atoms with Crippen LogP contribution in [0.4, 0.5) is 0 Å². The Hall–Kier alpha value is -2.33. The Balaban J connectivity index is 2.13. The van der Waals surface area contributed by atoms with Gasteiger partial charge in [-0.2, -0.15) is 0 Å². The monoisotopic (exact) mass is 291 g/mol. The van der Waals surface area contributed by atoms with Gasteiger partial charge in [0.1, 0.15) is 12.4 Å². The lowest BCUT2D eigenvalue weighted by molar-refractivity contribution is -0.119. The number of nitrogens with one attached hydrogen (secondary N) is 2. The molecule has 6 nitrogen and oxygen atoms in total. The molecule has 0 saturated heterocycles. The van der Waals surface area contributed by atoms with Crippen molar-refractivity contribution < 1.29 is 13.2 Å². The molecule has 7 heteroatoms. The van der Waals surface area contributed by atoms with E-state index in [2.05, 4.69) is 26.9 Å². The first-order valence-electron chi connectivity index (χ1n) is 5.87. The quantitative estimate of drug-likeness (QED) is 0.760. The Morgan fingerprint density at radius 2 is 2.15 bits per heavy atom. The lowest BCUT2D eigenvalue weighted by Gasteiger charge is -2.00. The highest BCUT2D eigenvalue weighted by atomic mass is 32.2. The van der Waals surface area contributed by atoms with Crippen LogP contribution in [-0.4, -0.2) is 33.3 Å². The molecule has 0 atom stereocenters. The van der Waals surface area contributed by atoms with Gasteiger partial charge in [-0.05, 0) is 19.1 Å². The number of nitrogens with zero attached hydrogens (tertiary/aromatic N) is 1. The Labute approximate surface area is 117 Å². The number of hydrogen-bond donors (Lipinski definition) is 2. The maximum absolute atomic E-state index is 11.8. The highest BCUT2D eigenvalue weighted by molar-refractivity contribution is 7.90. The summed E-state index contributed by atoms with van der Waals surface area (Å²) in [5, 5.41) is 2.56. The number of sulfonamides is 1. The third-order valence-electron chi connectivity index (χ3n) is 2.59. The minimum Gasteiger partial charge on any atom is -0.344 e.